The maximum atomic E-state index is 12.4. The first kappa shape index (κ1) is 22.2. The standard InChI is InChI=1S/C23H20BrN5O4/c1-14(16-3-5-18(6-4-16)26-22(30)20-9-10-32-15(20)2)27-28-23(31)21-8-7-19(33-21)13-29-12-17(24)11-25-29/h3-12,27H,1,13H2,2H3,(H,26,30)(H,28,31). The monoisotopic (exact) mass is 509 g/mol. The number of nitrogens with zero attached hydrogens (tertiary/aromatic N) is 2. The van der Waals surface area contributed by atoms with Crippen LogP contribution in [0.3, 0.4) is 0 Å². The van der Waals surface area contributed by atoms with Gasteiger partial charge in [0.1, 0.15) is 11.5 Å². The second-order valence-corrected chi connectivity index (χ2v) is 8.02. The topological polar surface area (TPSA) is 114 Å². The fraction of sp³-hybridized carbons (Fsp3) is 0.0870. The summed E-state index contributed by atoms with van der Waals surface area (Å²) in [5.74, 6) is 0.608. The Morgan fingerprint density at radius 2 is 1.88 bits per heavy atom. The first-order chi connectivity index (χ1) is 15.9. The predicted molar refractivity (Wildman–Crippen MR) is 125 cm³/mol. The number of rotatable bonds is 8. The number of carbonyl (C=O) groups is 2. The van der Waals surface area contributed by atoms with Gasteiger partial charge in [-0.3, -0.25) is 25.1 Å². The molecule has 0 fully saturated rings. The van der Waals surface area contributed by atoms with E-state index in [1.165, 1.54) is 6.26 Å². The second kappa shape index (κ2) is 9.61. The lowest BCUT2D eigenvalue weighted by atomic mass is 10.1. The first-order valence-corrected chi connectivity index (χ1v) is 10.7. The Balaban J connectivity index is 1.29. The van der Waals surface area contributed by atoms with Crippen molar-refractivity contribution >= 4 is 39.1 Å². The first-order valence-electron chi connectivity index (χ1n) is 9.87. The van der Waals surface area contributed by atoms with Gasteiger partial charge in [0.15, 0.2) is 5.76 Å². The third kappa shape index (κ3) is 5.42. The van der Waals surface area contributed by atoms with Gasteiger partial charge >= 0.3 is 5.91 Å². The number of benzene rings is 1. The number of aryl methyl sites for hydroxylation is 1. The van der Waals surface area contributed by atoms with E-state index in [0.29, 0.717) is 35.0 Å². The number of amides is 2. The van der Waals surface area contributed by atoms with Gasteiger partial charge in [-0.2, -0.15) is 5.10 Å². The molecule has 0 radical (unpaired) electrons. The molecule has 0 saturated carbocycles. The lowest BCUT2D eigenvalue weighted by molar-refractivity contribution is 0.0912. The van der Waals surface area contributed by atoms with Crippen LogP contribution in [-0.2, 0) is 6.54 Å². The zero-order valence-corrected chi connectivity index (χ0v) is 19.2. The van der Waals surface area contributed by atoms with E-state index in [4.69, 9.17) is 8.83 Å². The Kier molecular flexibility index (Phi) is 6.45. The summed E-state index contributed by atoms with van der Waals surface area (Å²) in [5.41, 5.74) is 7.63. The van der Waals surface area contributed by atoms with Crippen LogP contribution in [0.5, 0.6) is 0 Å². The van der Waals surface area contributed by atoms with Crippen molar-refractivity contribution in [3.8, 4) is 0 Å². The van der Waals surface area contributed by atoms with Crippen LogP contribution in [0.4, 0.5) is 5.69 Å². The minimum absolute atomic E-state index is 0.157. The number of hydrazine groups is 1. The summed E-state index contributed by atoms with van der Waals surface area (Å²) in [5, 5.41) is 6.96. The van der Waals surface area contributed by atoms with E-state index in [2.05, 4.69) is 43.8 Å². The lowest BCUT2D eigenvalue weighted by Crippen LogP contribution is -2.35. The van der Waals surface area contributed by atoms with Crippen molar-refractivity contribution in [2.45, 2.75) is 13.5 Å². The van der Waals surface area contributed by atoms with Crippen molar-refractivity contribution in [3.63, 3.8) is 0 Å². The predicted octanol–water partition coefficient (Wildman–Crippen LogP) is 4.35. The summed E-state index contributed by atoms with van der Waals surface area (Å²) in [4.78, 5) is 24.6. The summed E-state index contributed by atoms with van der Waals surface area (Å²) in [6.45, 7) is 6.06. The van der Waals surface area contributed by atoms with Crippen molar-refractivity contribution < 1.29 is 18.4 Å². The highest BCUT2D eigenvalue weighted by atomic mass is 79.9. The summed E-state index contributed by atoms with van der Waals surface area (Å²) < 4.78 is 13.3. The van der Waals surface area contributed by atoms with Gasteiger partial charge in [-0.05, 0) is 58.7 Å². The molecule has 3 heterocycles. The molecule has 9 nitrogen and oxygen atoms in total. The van der Waals surface area contributed by atoms with Crippen LogP contribution in [0, 0.1) is 6.92 Å². The number of hydrogen-bond donors (Lipinski definition) is 3. The highest BCUT2D eigenvalue weighted by Crippen LogP contribution is 2.17. The SMILES string of the molecule is C=C(NNC(=O)c1ccc(Cn2cc(Br)cn2)o1)c1ccc(NC(=O)c2ccoc2C)cc1. The van der Waals surface area contributed by atoms with Gasteiger partial charge in [0, 0.05) is 11.9 Å². The molecule has 0 saturated heterocycles. The van der Waals surface area contributed by atoms with Crippen LogP contribution in [0.15, 0.2) is 81.0 Å². The molecule has 3 N–H and O–H groups in total. The fourth-order valence-corrected chi connectivity index (χ4v) is 3.34. The molecule has 10 heteroatoms. The zero-order chi connectivity index (χ0) is 23.4. The molecule has 0 aliphatic heterocycles. The lowest BCUT2D eigenvalue weighted by Gasteiger charge is -2.11. The van der Waals surface area contributed by atoms with Crippen LogP contribution < -0.4 is 16.2 Å². The third-order valence-corrected chi connectivity index (χ3v) is 5.14. The van der Waals surface area contributed by atoms with E-state index in [-0.39, 0.29) is 11.7 Å². The Bertz CT molecular complexity index is 1300. The van der Waals surface area contributed by atoms with Crippen LogP contribution >= 0.6 is 15.9 Å². The highest BCUT2D eigenvalue weighted by Gasteiger charge is 2.13. The maximum Gasteiger partial charge on any atom is 0.305 e. The zero-order valence-electron chi connectivity index (χ0n) is 17.6. The van der Waals surface area contributed by atoms with E-state index in [1.807, 2.05) is 6.20 Å². The van der Waals surface area contributed by atoms with Gasteiger partial charge in [0.05, 0.1) is 34.7 Å². The van der Waals surface area contributed by atoms with Crippen LogP contribution in [0.2, 0.25) is 0 Å². The highest BCUT2D eigenvalue weighted by molar-refractivity contribution is 9.10. The molecule has 0 aliphatic carbocycles. The number of aromatic nitrogens is 2. The molecule has 0 aliphatic rings. The quantitative estimate of drug-likeness (QED) is 0.304. The van der Waals surface area contributed by atoms with E-state index < -0.39 is 5.91 Å². The summed E-state index contributed by atoms with van der Waals surface area (Å²) >= 11 is 3.34. The van der Waals surface area contributed by atoms with E-state index in [0.717, 1.165) is 10.0 Å². The third-order valence-electron chi connectivity index (χ3n) is 4.73. The molecule has 3 aromatic heterocycles. The molecule has 0 atom stereocenters. The normalized spacial score (nSPS) is 10.6. The molecule has 4 aromatic rings. The Morgan fingerprint density at radius 1 is 1.09 bits per heavy atom. The van der Waals surface area contributed by atoms with Crippen molar-refractivity contribution in [1.29, 1.82) is 0 Å². The number of furan rings is 2. The van der Waals surface area contributed by atoms with Crippen LogP contribution in [0.25, 0.3) is 5.70 Å². The molecule has 0 spiro atoms. The summed E-state index contributed by atoms with van der Waals surface area (Å²) in [6.07, 6.45) is 4.95. The van der Waals surface area contributed by atoms with Gasteiger partial charge in [-0.25, -0.2) is 0 Å². The minimum Gasteiger partial charge on any atom is -0.469 e. The molecule has 0 bridgehead atoms. The van der Waals surface area contributed by atoms with Crippen molar-refractivity contribution in [2.75, 3.05) is 5.32 Å². The average Bonchev–Trinajstić information content (AvgIpc) is 3.54. The Labute approximate surface area is 197 Å². The largest absolute Gasteiger partial charge is 0.469 e. The Morgan fingerprint density at radius 3 is 2.55 bits per heavy atom. The van der Waals surface area contributed by atoms with Crippen LogP contribution in [0.1, 0.15) is 38.0 Å². The molecular formula is C23H20BrN5O4. The van der Waals surface area contributed by atoms with E-state index >= 15 is 0 Å². The van der Waals surface area contributed by atoms with Crippen molar-refractivity contribution in [2.24, 2.45) is 0 Å². The van der Waals surface area contributed by atoms with Crippen molar-refractivity contribution in [3.05, 3.63) is 101 Å². The van der Waals surface area contributed by atoms with Crippen LogP contribution in [-0.4, -0.2) is 21.6 Å². The molecule has 33 heavy (non-hydrogen) atoms. The van der Waals surface area contributed by atoms with Gasteiger partial charge in [-0.1, -0.05) is 18.7 Å². The summed E-state index contributed by atoms with van der Waals surface area (Å²) in [7, 11) is 0. The summed E-state index contributed by atoms with van der Waals surface area (Å²) in [6, 6.07) is 11.9. The molecule has 168 valence electrons. The number of halogens is 1. The number of carbonyl (C=O) groups excluding carboxylic acids is 2. The molecule has 2 amide bonds. The van der Waals surface area contributed by atoms with Gasteiger partial charge in [-0.15, -0.1) is 0 Å². The Hall–Kier alpha value is -4.05. The van der Waals surface area contributed by atoms with Gasteiger partial charge in [0.25, 0.3) is 5.91 Å². The molecule has 4 rings (SSSR count). The van der Waals surface area contributed by atoms with Gasteiger partial charge in [0.2, 0.25) is 0 Å². The number of hydrogen-bond acceptors (Lipinski definition) is 6. The number of anilines is 1. The van der Waals surface area contributed by atoms with Gasteiger partial charge < -0.3 is 14.2 Å². The number of nitrogens with one attached hydrogen (secondary N) is 3. The van der Waals surface area contributed by atoms with Crippen molar-refractivity contribution in [1.82, 2.24) is 20.6 Å². The van der Waals surface area contributed by atoms with E-state index in [9.17, 15) is 9.59 Å². The second-order valence-electron chi connectivity index (χ2n) is 7.10. The maximum absolute atomic E-state index is 12.4. The average molecular weight is 510 g/mol. The molecule has 0 unspecified atom stereocenters. The van der Waals surface area contributed by atoms with E-state index in [1.54, 1.807) is 60.3 Å². The smallest absolute Gasteiger partial charge is 0.305 e. The fourth-order valence-electron chi connectivity index (χ4n) is 3.01. The molecular weight excluding hydrogens is 490 g/mol. The molecule has 1 aromatic carbocycles. The minimum atomic E-state index is -0.441.